The molecule has 3 aromatic heterocycles. The summed E-state index contributed by atoms with van der Waals surface area (Å²) in [5.41, 5.74) is 8.90. The summed E-state index contributed by atoms with van der Waals surface area (Å²) in [5, 5.41) is 17.2. The molecule has 3 heterocycles. The molecule has 7 N–H and O–H groups in total. The lowest BCUT2D eigenvalue weighted by molar-refractivity contribution is -0.137. The minimum Gasteiger partial charge on any atom is -0.481 e. The van der Waals surface area contributed by atoms with E-state index in [0.29, 0.717) is 54.7 Å². The molecular formula is C47H51BrClN7O11S. The predicted molar refractivity (Wildman–Crippen MR) is 264 cm³/mol. The van der Waals surface area contributed by atoms with Gasteiger partial charge in [-0.2, -0.15) is 0 Å². The van der Waals surface area contributed by atoms with E-state index in [2.05, 4.69) is 30.9 Å². The Balaban J connectivity index is 0.000000223. The zero-order valence-corrected chi connectivity index (χ0v) is 40.2. The molecule has 0 spiro atoms. The van der Waals surface area contributed by atoms with Gasteiger partial charge in [0.05, 0.1) is 29.9 Å². The standard InChI is InChI=1S/C17H20BrN3O3.C15H15ClN2O4.C15H16N2O4S/c18-14-11-21(17(24)20-16(14)23)10-13-8-6-12(7-9-13)4-2-1-3-5-15(19)22;16-12-9-18(15(22)17-14(12)21)8-11-6-4-10(5-7-11)2-1-3-13(19)20;1-10-6-17(15(21)16-14(10)20)7-11-2-4-12(5-3-11)8-22-9-13(18)19/h6-9,11H,1-5,10H2,(H2,19,22)(H,20,23,24);4-7,9H,1-3,8H2,(H,19,20)(H,17,21,22);2-6H,7-9H2,1H3,(H,18,19)(H,16,20,21). The largest absolute Gasteiger partial charge is 0.481 e. The molecule has 0 unspecified atom stereocenters. The predicted octanol–water partition coefficient (Wildman–Crippen LogP) is 4.79. The highest BCUT2D eigenvalue weighted by atomic mass is 79.9. The molecule has 360 valence electrons. The van der Waals surface area contributed by atoms with E-state index in [1.54, 1.807) is 6.92 Å². The highest BCUT2D eigenvalue weighted by Gasteiger charge is 2.07. The Bertz CT molecular complexity index is 2880. The van der Waals surface area contributed by atoms with Crippen LogP contribution in [0.3, 0.4) is 0 Å². The quantitative estimate of drug-likeness (QED) is 0.0563. The van der Waals surface area contributed by atoms with E-state index in [1.165, 1.54) is 49.6 Å². The van der Waals surface area contributed by atoms with Gasteiger partial charge in [0, 0.05) is 42.7 Å². The summed E-state index contributed by atoms with van der Waals surface area (Å²) in [7, 11) is 0. The Morgan fingerprint density at radius 2 is 1.01 bits per heavy atom. The van der Waals surface area contributed by atoms with Gasteiger partial charge < -0.3 is 15.9 Å². The first-order chi connectivity index (χ1) is 32.4. The normalized spacial score (nSPS) is 10.6. The number of nitrogens with two attached hydrogens (primary N) is 1. The molecule has 0 bridgehead atoms. The number of primary amides is 1. The second-order valence-corrected chi connectivity index (χ2v) is 17.8. The van der Waals surface area contributed by atoms with Gasteiger partial charge in [-0.1, -0.05) is 90.8 Å². The molecule has 3 aromatic carbocycles. The summed E-state index contributed by atoms with van der Waals surface area (Å²) in [6.45, 7) is 2.72. The van der Waals surface area contributed by atoms with E-state index in [9.17, 15) is 43.2 Å². The van der Waals surface area contributed by atoms with Crippen molar-refractivity contribution in [1.82, 2.24) is 28.7 Å². The number of aromatic amines is 3. The van der Waals surface area contributed by atoms with E-state index >= 15 is 0 Å². The second kappa shape index (κ2) is 27.1. The molecule has 18 nitrogen and oxygen atoms in total. The number of amides is 1. The maximum Gasteiger partial charge on any atom is 0.328 e. The number of H-pyrrole nitrogens is 3. The number of unbranched alkanes of at least 4 members (excludes halogenated alkanes) is 2. The molecule has 0 fully saturated rings. The van der Waals surface area contributed by atoms with Crippen molar-refractivity contribution in [2.75, 3.05) is 5.75 Å². The number of nitrogens with zero attached hydrogens (tertiary/aromatic N) is 3. The van der Waals surface area contributed by atoms with Crippen molar-refractivity contribution in [3.8, 4) is 0 Å². The summed E-state index contributed by atoms with van der Waals surface area (Å²) in [5.74, 6) is -1.16. The summed E-state index contributed by atoms with van der Waals surface area (Å²) < 4.78 is 4.55. The Hall–Kier alpha value is -6.77. The maximum absolute atomic E-state index is 11.8. The number of carboxylic acids is 2. The Kier molecular flexibility index (Phi) is 21.5. The Morgan fingerprint density at radius 3 is 1.51 bits per heavy atom. The number of aromatic nitrogens is 6. The van der Waals surface area contributed by atoms with Crippen LogP contribution in [-0.2, 0) is 52.6 Å². The number of aliphatic carboxylic acids is 2. The summed E-state index contributed by atoms with van der Waals surface area (Å²) in [4.78, 5) is 107. The lowest BCUT2D eigenvalue weighted by Gasteiger charge is -2.07. The smallest absolute Gasteiger partial charge is 0.328 e. The van der Waals surface area contributed by atoms with Crippen LogP contribution in [0.1, 0.15) is 77.5 Å². The number of rotatable bonds is 20. The number of aryl methyl sites for hydroxylation is 3. The van der Waals surface area contributed by atoms with E-state index in [1.807, 2.05) is 72.8 Å². The number of halogens is 2. The Labute approximate surface area is 406 Å². The molecule has 1 amide bonds. The zero-order chi connectivity index (χ0) is 49.8. The number of carbonyl (C=O) groups is 3. The fourth-order valence-corrected chi connectivity index (χ4v) is 7.61. The van der Waals surface area contributed by atoms with Crippen LogP contribution in [0.25, 0.3) is 0 Å². The van der Waals surface area contributed by atoms with Gasteiger partial charge in [-0.3, -0.25) is 57.4 Å². The van der Waals surface area contributed by atoms with Crippen molar-refractivity contribution < 1.29 is 24.6 Å². The first-order valence-corrected chi connectivity index (χ1v) is 23.5. The van der Waals surface area contributed by atoms with Crippen LogP contribution in [-0.4, -0.2) is 62.5 Å². The molecule has 21 heteroatoms. The summed E-state index contributed by atoms with van der Waals surface area (Å²) in [6.07, 6.45) is 9.98. The molecule has 0 aliphatic carbocycles. The van der Waals surface area contributed by atoms with Crippen molar-refractivity contribution in [1.29, 1.82) is 0 Å². The molecule has 0 aliphatic heterocycles. The highest BCUT2D eigenvalue weighted by molar-refractivity contribution is 9.10. The fourth-order valence-electron chi connectivity index (χ4n) is 6.39. The van der Waals surface area contributed by atoms with E-state index in [0.717, 1.165) is 53.5 Å². The van der Waals surface area contributed by atoms with Crippen molar-refractivity contribution >= 4 is 57.1 Å². The highest BCUT2D eigenvalue weighted by Crippen LogP contribution is 2.15. The second-order valence-electron chi connectivity index (χ2n) is 15.5. The van der Waals surface area contributed by atoms with Crippen LogP contribution >= 0.6 is 39.3 Å². The summed E-state index contributed by atoms with van der Waals surface area (Å²) in [6, 6.07) is 23.2. The lowest BCUT2D eigenvalue weighted by atomic mass is 10.0. The minimum atomic E-state index is -0.825. The van der Waals surface area contributed by atoms with Crippen LogP contribution in [0, 0.1) is 6.92 Å². The number of hydrogen-bond acceptors (Lipinski definition) is 10. The molecule has 6 aromatic rings. The molecular weight excluding hydrogens is 986 g/mol. The minimum absolute atomic E-state index is 0.0371. The third kappa shape index (κ3) is 18.8. The number of hydrogen-bond donors (Lipinski definition) is 6. The third-order valence-corrected chi connectivity index (χ3v) is 11.8. The number of carbonyl (C=O) groups excluding carboxylic acids is 1. The molecule has 68 heavy (non-hydrogen) atoms. The fraction of sp³-hybridized carbons (Fsp3) is 0.298. The van der Waals surface area contributed by atoms with Gasteiger partial charge in [-0.15, -0.1) is 11.8 Å². The van der Waals surface area contributed by atoms with Crippen molar-refractivity contribution in [3.63, 3.8) is 0 Å². The van der Waals surface area contributed by atoms with Crippen molar-refractivity contribution in [3.05, 3.63) is 202 Å². The van der Waals surface area contributed by atoms with Gasteiger partial charge in [0.25, 0.3) is 16.7 Å². The van der Waals surface area contributed by atoms with Gasteiger partial charge in [0.2, 0.25) is 5.91 Å². The average Bonchev–Trinajstić information content (AvgIpc) is 3.28. The van der Waals surface area contributed by atoms with Gasteiger partial charge in [0.15, 0.2) is 0 Å². The molecule has 0 saturated heterocycles. The Morgan fingerprint density at radius 1 is 0.574 bits per heavy atom. The van der Waals surface area contributed by atoms with Gasteiger partial charge in [-0.05, 0) is 88.3 Å². The summed E-state index contributed by atoms with van der Waals surface area (Å²) >= 11 is 10.2. The third-order valence-electron chi connectivity index (χ3n) is 9.99. The SMILES string of the molecule is Cc1cn(Cc2ccc(CSCC(=O)O)cc2)c(=O)[nH]c1=O.NC(=O)CCCCCc1ccc(Cn2cc(Br)c(=O)[nH]c2=O)cc1.O=C(O)CCCc1ccc(Cn2cc(Cl)c(=O)[nH]c2=O)cc1. The van der Waals surface area contributed by atoms with Crippen LogP contribution in [0.5, 0.6) is 0 Å². The van der Waals surface area contributed by atoms with Crippen molar-refractivity contribution in [2.45, 2.75) is 83.7 Å². The van der Waals surface area contributed by atoms with Crippen LogP contribution in [0.4, 0.5) is 0 Å². The topological polar surface area (TPSA) is 282 Å². The van der Waals surface area contributed by atoms with Gasteiger partial charge in [0.1, 0.15) is 5.02 Å². The monoisotopic (exact) mass is 1040 g/mol. The lowest BCUT2D eigenvalue weighted by Crippen LogP contribution is -2.31. The van der Waals surface area contributed by atoms with Gasteiger partial charge >= 0.3 is 29.0 Å². The van der Waals surface area contributed by atoms with Crippen LogP contribution in [0.2, 0.25) is 5.02 Å². The average molecular weight is 1040 g/mol. The number of carboxylic acid groups (broad SMARTS) is 2. The van der Waals surface area contributed by atoms with E-state index in [4.69, 9.17) is 27.5 Å². The molecule has 6 rings (SSSR count). The molecule has 0 radical (unpaired) electrons. The zero-order valence-electron chi connectivity index (χ0n) is 37.0. The molecule has 0 aliphatic rings. The molecule has 0 saturated carbocycles. The maximum atomic E-state index is 11.8. The number of benzene rings is 3. The number of nitrogens with one attached hydrogen (secondary N) is 3. The van der Waals surface area contributed by atoms with Gasteiger partial charge in [-0.25, -0.2) is 14.4 Å². The van der Waals surface area contributed by atoms with Crippen LogP contribution < -0.4 is 39.5 Å². The first-order valence-electron chi connectivity index (χ1n) is 21.2. The number of thioether (sulfide) groups is 1. The van der Waals surface area contributed by atoms with E-state index < -0.39 is 40.1 Å². The van der Waals surface area contributed by atoms with Crippen molar-refractivity contribution in [2.24, 2.45) is 5.73 Å². The first kappa shape index (κ1) is 53.8. The van der Waals surface area contributed by atoms with E-state index in [-0.39, 0.29) is 28.7 Å². The molecule has 0 atom stereocenters. The van der Waals surface area contributed by atoms with Crippen LogP contribution in [0.15, 0.2) is 125 Å².